The van der Waals surface area contributed by atoms with E-state index in [0.29, 0.717) is 18.9 Å². The van der Waals surface area contributed by atoms with E-state index in [9.17, 15) is 9.59 Å². The highest BCUT2D eigenvalue weighted by Gasteiger charge is 2.30. The predicted octanol–water partition coefficient (Wildman–Crippen LogP) is 1.24. The molecule has 126 valence electrons. The van der Waals surface area contributed by atoms with Crippen molar-refractivity contribution in [1.82, 2.24) is 19.4 Å². The number of fused-ring (bicyclic) bond motifs is 3. The van der Waals surface area contributed by atoms with Crippen molar-refractivity contribution in [2.45, 2.75) is 26.1 Å². The summed E-state index contributed by atoms with van der Waals surface area (Å²) in [5, 5.41) is 0.749. The fourth-order valence-electron chi connectivity index (χ4n) is 2.82. The van der Waals surface area contributed by atoms with Crippen LogP contribution in [0.25, 0.3) is 11.0 Å². The Hall–Kier alpha value is -2.42. The molecule has 2 N–H and O–H groups in total. The summed E-state index contributed by atoms with van der Waals surface area (Å²) < 4.78 is 7.33. The second-order valence-electron chi connectivity index (χ2n) is 5.50. The van der Waals surface area contributed by atoms with E-state index in [1.807, 2.05) is 11.5 Å². The van der Waals surface area contributed by atoms with Gasteiger partial charge in [0.15, 0.2) is 0 Å². The molecule has 0 saturated heterocycles. The van der Waals surface area contributed by atoms with E-state index in [2.05, 4.69) is 30.6 Å². The number of halogens is 1. The van der Waals surface area contributed by atoms with E-state index < -0.39 is 5.97 Å². The summed E-state index contributed by atoms with van der Waals surface area (Å²) in [4.78, 5) is 33.6. The van der Waals surface area contributed by atoms with E-state index in [1.165, 1.54) is 19.5 Å². The van der Waals surface area contributed by atoms with Gasteiger partial charge >= 0.3 is 5.97 Å². The Morgan fingerprint density at radius 3 is 2.88 bits per heavy atom. The Bertz CT molecular complexity index is 860. The standard InChI is InChI=1S/C15H16BrN5O3/c1-8-5-21-9(6-20(8)10(22)3-4-11(23)24-2)13(16)12-14(17)18-7-19-15(12)21/h3-4,7-8H,5-6H2,1-2H3,(H2,17,18,19). The van der Waals surface area contributed by atoms with Crippen LogP contribution in [0.15, 0.2) is 23.0 Å². The van der Waals surface area contributed by atoms with Crippen LogP contribution in [0.3, 0.4) is 0 Å². The maximum absolute atomic E-state index is 12.4. The van der Waals surface area contributed by atoms with Crippen molar-refractivity contribution >= 4 is 44.7 Å². The van der Waals surface area contributed by atoms with Gasteiger partial charge in [-0.1, -0.05) is 0 Å². The van der Waals surface area contributed by atoms with Crippen LogP contribution in [0.5, 0.6) is 0 Å². The SMILES string of the molecule is COC(=O)C=CC(=O)N1Cc2c(Br)c3c(N)ncnc3n2CC1C. The topological polar surface area (TPSA) is 103 Å². The van der Waals surface area contributed by atoms with Gasteiger partial charge in [0, 0.05) is 24.7 Å². The monoisotopic (exact) mass is 393 g/mol. The van der Waals surface area contributed by atoms with E-state index in [4.69, 9.17) is 5.73 Å². The van der Waals surface area contributed by atoms with Gasteiger partial charge in [-0.3, -0.25) is 4.79 Å². The first kappa shape index (κ1) is 16.4. The van der Waals surface area contributed by atoms with Crippen molar-refractivity contribution in [3.05, 3.63) is 28.6 Å². The molecule has 0 aliphatic carbocycles. The largest absolute Gasteiger partial charge is 0.466 e. The smallest absolute Gasteiger partial charge is 0.330 e. The van der Waals surface area contributed by atoms with Gasteiger partial charge in [0.05, 0.1) is 29.2 Å². The van der Waals surface area contributed by atoms with E-state index >= 15 is 0 Å². The van der Waals surface area contributed by atoms with Crippen LogP contribution >= 0.6 is 15.9 Å². The summed E-state index contributed by atoms with van der Waals surface area (Å²) >= 11 is 3.55. The van der Waals surface area contributed by atoms with Gasteiger partial charge in [0.2, 0.25) is 5.91 Å². The molecule has 1 unspecified atom stereocenters. The first-order valence-corrected chi connectivity index (χ1v) is 8.07. The average Bonchev–Trinajstić information content (AvgIpc) is 2.85. The molecule has 3 heterocycles. The lowest BCUT2D eigenvalue weighted by Gasteiger charge is -2.34. The minimum Gasteiger partial charge on any atom is -0.466 e. The summed E-state index contributed by atoms with van der Waals surface area (Å²) in [5.41, 5.74) is 7.60. The summed E-state index contributed by atoms with van der Waals surface area (Å²) in [5.74, 6) is -0.424. The maximum Gasteiger partial charge on any atom is 0.330 e. The highest BCUT2D eigenvalue weighted by atomic mass is 79.9. The maximum atomic E-state index is 12.4. The van der Waals surface area contributed by atoms with Crippen molar-refractivity contribution in [1.29, 1.82) is 0 Å². The molecule has 1 aliphatic heterocycles. The number of carbonyl (C=O) groups is 2. The zero-order chi connectivity index (χ0) is 17.4. The van der Waals surface area contributed by atoms with E-state index in [-0.39, 0.29) is 11.9 Å². The molecule has 0 fully saturated rings. The molecule has 1 aliphatic rings. The Balaban J connectivity index is 1.97. The predicted molar refractivity (Wildman–Crippen MR) is 90.8 cm³/mol. The Morgan fingerprint density at radius 1 is 1.42 bits per heavy atom. The number of rotatable bonds is 2. The van der Waals surface area contributed by atoms with Crippen LogP contribution in [-0.2, 0) is 27.4 Å². The summed E-state index contributed by atoms with van der Waals surface area (Å²) in [6.45, 7) is 2.89. The number of nitrogens with two attached hydrogens (primary N) is 1. The summed E-state index contributed by atoms with van der Waals surface area (Å²) in [7, 11) is 1.27. The molecular formula is C15H16BrN5O3. The third-order valence-corrected chi connectivity index (χ3v) is 4.91. The minimum atomic E-state index is -0.564. The molecule has 2 aromatic heterocycles. The van der Waals surface area contributed by atoms with Crippen molar-refractivity contribution in [3.8, 4) is 0 Å². The minimum absolute atomic E-state index is 0.0639. The average molecular weight is 394 g/mol. The molecule has 8 nitrogen and oxygen atoms in total. The number of nitrogens with zero attached hydrogens (tertiary/aromatic N) is 4. The van der Waals surface area contributed by atoms with Gasteiger partial charge in [-0.2, -0.15) is 0 Å². The molecule has 0 radical (unpaired) electrons. The number of anilines is 1. The van der Waals surface area contributed by atoms with E-state index in [1.54, 1.807) is 4.90 Å². The molecule has 3 rings (SSSR count). The number of amides is 1. The van der Waals surface area contributed by atoms with Crippen LogP contribution in [0.1, 0.15) is 12.6 Å². The van der Waals surface area contributed by atoms with Gasteiger partial charge in [-0.25, -0.2) is 14.8 Å². The van der Waals surface area contributed by atoms with Gasteiger partial charge in [0.25, 0.3) is 0 Å². The zero-order valence-corrected chi connectivity index (χ0v) is 14.8. The lowest BCUT2D eigenvalue weighted by atomic mass is 10.2. The Morgan fingerprint density at radius 2 is 2.17 bits per heavy atom. The van der Waals surface area contributed by atoms with Crippen molar-refractivity contribution < 1.29 is 14.3 Å². The van der Waals surface area contributed by atoms with Crippen LogP contribution in [0, 0.1) is 0 Å². The van der Waals surface area contributed by atoms with Crippen LogP contribution < -0.4 is 5.73 Å². The lowest BCUT2D eigenvalue weighted by molar-refractivity contribution is -0.135. The highest BCUT2D eigenvalue weighted by Crippen LogP contribution is 2.36. The fraction of sp³-hybridized carbons (Fsp3) is 0.333. The van der Waals surface area contributed by atoms with Crippen molar-refractivity contribution in [2.75, 3.05) is 12.8 Å². The van der Waals surface area contributed by atoms with Crippen LogP contribution in [0.2, 0.25) is 0 Å². The molecule has 1 atom stereocenters. The molecule has 2 aromatic rings. The number of aromatic nitrogens is 3. The molecular weight excluding hydrogens is 378 g/mol. The van der Waals surface area contributed by atoms with Gasteiger partial charge in [-0.05, 0) is 22.9 Å². The van der Waals surface area contributed by atoms with Gasteiger partial charge in [0.1, 0.15) is 17.8 Å². The molecule has 24 heavy (non-hydrogen) atoms. The molecule has 9 heteroatoms. The molecule has 0 spiro atoms. The van der Waals surface area contributed by atoms with Crippen LogP contribution in [0.4, 0.5) is 5.82 Å². The van der Waals surface area contributed by atoms with E-state index in [0.717, 1.165) is 27.3 Å². The van der Waals surface area contributed by atoms with Gasteiger partial charge in [-0.15, -0.1) is 0 Å². The van der Waals surface area contributed by atoms with Crippen molar-refractivity contribution in [3.63, 3.8) is 0 Å². The van der Waals surface area contributed by atoms with Crippen LogP contribution in [-0.4, -0.2) is 44.5 Å². The third-order valence-electron chi connectivity index (χ3n) is 4.06. The fourth-order valence-corrected chi connectivity index (χ4v) is 3.54. The lowest BCUT2D eigenvalue weighted by Crippen LogP contribution is -2.44. The quantitative estimate of drug-likeness (QED) is 0.607. The molecule has 0 bridgehead atoms. The van der Waals surface area contributed by atoms with Crippen molar-refractivity contribution in [2.24, 2.45) is 0 Å². The normalized spacial score (nSPS) is 17.3. The number of nitrogen functional groups attached to an aromatic ring is 1. The molecule has 0 aromatic carbocycles. The number of hydrogen-bond acceptors (Lipinski definition) is 6. The second-order valence-corrected chi connectivity index (χ2v) is 6.29. The number of esters is 1. The Labute approximate surface area is 146 Å². The van der Waals surface area contributed by atoms with Gasteiger partial charge < -0.3 is 19.9 Å². The number of hydrogen-bond donors (Lipinski definition) is 1. The first-order valence-electron chi connectivity index (χ1n) is 7.27. The molecule has 0 saturated carbocycles. The number of carbonyl (C=O) groups excluding carboxylic acids is 2. The zero-order valence-electron chi connectivity index (χ0n) is 13.2. The molecule has 1 amide bonds. The third kappa shape index (κ3) is 2.64. The summed E-state index contributed by atoms with van der Waals surface area (Å²) in [6.07, 6.45) is 3.78. The summed E-state index contributed by atoms with van der Waals surface area (Å²) in [6, 6.07) is -0.0639. The first-order chi connectivity index (χ1) is 11.4. The number of methoxy groups -OCH3 is 1. The highest BCUT2D eigenvalue weighted by molar-refractivity contribution is 9.10. The second kappa shape index (κ2) is 6.23. The number of ether oxygens (including phenoxy) is 1. The Kier molecular flexibility index (Phi) is 4.27.